The maximum atomic E-state index is 13.3. The van der Waals surface area contributed by atoms with Gasteiger partial charge in [-0.15, -0.1) is 21.5 Å². The molecule has 1 aliphatic rings. The Kier molecular flexibility index (Phi) is 4.87. The summed E-state index contributed by atoms with van der Waals surface area (Å²) in [6.07, 6.45) is 3.82. The lowest BCUT2D eigenvalue weighted by molar-refractivity contribution is -0.113. The highest BCUT2D eigenvalue weighted by Crippen LogP contribution is 2.45. The number of nitrogens with two attached hydrogens (primary N) is 1. The van der Waals surface area contributed by atoms with Crippen molar-refractivity contribution in [3.05, 3.63) is 48.4 Å². The number of thioether (sulfide) groups is 1. The van der Waals surface area contributed by atoms with Gasteiger partial charge in [-0.2, -0.15) is 0 Å². The standard InChI is InChI=1S/C20H17FN6OS2/c21-11-3-1-4-12(9-11)24-15(28)10-29-20-26-25-18(27(20)13-6-7-13)17-16(22)14-5-2-8-23-19(14)30-17/h1-5,8-9,13H,6-7,10,22H2,(H,24,28). The Bertz CT molecular complexity index is 1250. The molecule has 1 amide bonds. The Labute approximate surface area is 179 Å². The molecule has 3 heterocycles. The number of carbonyl (C=O) groups is 1. The number of amides is 1. The van der Waals surface area contributed by atoms with Crippen molar-refractivity contribution >= 4 is 50.6 Å². The number of halogens is 1. The number of hydrogen-bond donors (Lipinski definition) is 2. The van der Waals surface area contributed by atoms with Gasteiger partial charge in [0.05, 0.1) is 16.3 Å². The minimum absolute atomic E-state index is 0.144. The molecule has 1 aromatic carbocycles. The molecular weight excluding hydrogens is 423 g/mol. The van der Waals surface area contributed by atoms with E-state index in [4.69, 9.17) is 5.73 Å². The van der Waals surface area contributed by atoms with E-state index in [1.807, 2.05) is 12.1 Å². The van der Waals surface area contributed by atoms with Crippen LogP contribution in [0.15, 0.2) is 47.8 Å². The van der Waals surface area contributed by atoms with E-state index in [2.05, 4.69) is 25.1 Å². The van der Waals surface area contributed by atoms with Gasteiger partial charge >= 0.3 is 0 Å². The third-order valence-electron chi connectivity index (χ3n) is 4.73. The summed E-state index contributed by atoms with van der Waals surface area (Å²) in [6, 6.07) is 9.93. The SMILES string of the molecule is Nc1c(-c2nnc(SCC(=O)Nc3cccc(F)c3)n2C2CC2)sc2ncccc12. The summed E-state index contributed by atoms with van der Waals surface area (Å²) in [5, 5.41) is 13.0. The molecule has 5 rings (SSSR count). The van der Waals surface area contributed by atoms with E-state index < -0.39 is 5.82 Å². The number of hydrogen-bond acceptors (Lipinski definition) is 7. The van der Waals surface area contributed by atoms with Crippen LogP contribution in [0.1, 0.15) is 18.9 Å². The summed E-state index contributed by atoms with van der Waals surface area (Å²) in [4.78, 5) is 18.4. The molecule has 152 valence electrons. The Morgan fingerprint density at radius 3 is 2.93 bits per heavy atom. The van der Waals surface area contributed by atoms with Gasteiger partial charge in [0.1, 0.15) is 10.6 Å². The van der Waals surface area contributed by atoms with E-state index >= 15 is 0 Å². The molecule has 1 aliphatic carbocycles. The molecule has 10 heteroatoms. The smallest absolute Gasteiger partial charge is 0.234 e. The highest BCUT2D eigenvalue weighted by molar-refractivity contribution is 7.99. The number of nitrogen functional groups attached to an aromatic ring is 1. The van der Waals surface area contributed by atoms with Crippen LogP contribution >= 0.6 is 23.1 Å². The lowest BCUT2D eigenvalue weighted by Crippen LogP contribution is -2.14. The highest BCUT2D eigenvalue weighted by atomic mass is 32.2. The minimum atomic E-state index is -0.394. The van der Waals surface area contributed by atoms with Crippen LogP contribution in [0.3, 0.4) is 0 Å². The van der Waals surface area contributed by atoms with Crippen LogP contribution in [0.2, 0.25) is 0 Å². The zero-order valence-corrected chi connectivity index (χ0v) is 17.3. The first-order valence-electron chi connectivity index (χ1n) is 9.36. The maximum absolute atomic E-state index is 13.3. The molecule has 1 fully saturated rings. The van der Waals surface area contributed by atoms with E-state index in [9.17, 15) is 9.18 Å². The molecular formula is C20H17FN6OS2. The number of aromatic nitrogens is 4. The number of carbonyl (C=O) groups excluding carboxylic acids is 1. The number of nitrogens with one attached hydrogen (secondary N) is 1. The first-order chi connectivity index (χ1) is 14.6. The summed E-state index contributed by atoms with van der Waals surface area (Å²) in [5.74, 6) is 0.230. The predicted molar refractivity (Wildman–Crippen MR) is 117 cm³/mol. The van der Waals surface area contributed by atoms with E-state index in [0.717, 1.165) is 27.9 Å². The van der Waals surface area contributed by atoms with Gasteiger partial charge < -0.3 is 11.1 Å². The second-order valence-electron chi connectivity index (χ2n) is 6.96. The number of nitrogens with zero attached hydrogens (tertiary/aromatic N) is 4. The van der Waals surface area contributed by atoms with Crippen molar-refractivity contribution in [2.75, 3.05) is 16.8 Å². The third-order valence-corrected chi connectivity index (χ3v) is 6.79. The third kappa shape index (κ3) is 3.63. The lowest BCUT2D eigenvalue weighted by Gasteiger charge is -2.09. The van der Waals surface area contributed by atoms with Crippen LogP contribution in [-0.2, 0) is 4.79 Å². The zero-order valence-electron chi connectivity index (χ0n) is 15.7. The van der Waals surface area contributed by atoms with E-state index in [0.29, 0.717) is 28.4 Å². The summed E-state index contributed by atoms with van der Waals surface area (Å²) in [7, 11) is 0. The number of anilines is 2. The molecule has 0 atom stereocenters. The Balaban J connectivity index is 1.38. The Morgan fingerprint density at radius 2 is 2.17 bits per heavy atom. The molecule has 0 spiro atoms. The first-order valence-corrected chi connectivity index (χ1v) is 11.2. The predicted octanol–water partition coefficient (Wildman–Crippen LogP) is 4.34. The first kappa shape index (κ1) is 19.0. The molecule has 0 bridgehead atoms. The summed E-state index contributed by atoms with van der Waals surface area (Å²) in [6.45, 7) is 0. The molecule has 0 radical (unpaired) electrons. The van der Waals surface area contributed by atoms with Crippen LogP contribution in [0.25, 0.3) is 20.9 Å². The molecule has 1 saturated carbocycles. The van der Waals surface area contributed by atoms with Crippen LogP contribution in [-0.4, -0.2) is 31.4 Å². The van der Waals surface area contributed by atoms with Gasteiger partial charge in [-0.05, 0) is 43.2 Å². The number of rotatable bonds is 6. The highest BCUT2D eigenvalue weighted by Gasteiger charge is 2.32. The van der Waals surface area contributed by atoms with Crippen molar-refractivity contribution in [3.63, 3.8) is 0 Å². The van der Waals surface area contributed by atoms with Crippen LogP contribution < -0.4 is 11.1 Å². The largest absolute Gasteiger partial charge is 0.397 e. The molecule has 3 N–H and O–H groups in total. The van der Waals surface area contributed by atoms with Gasteiger partial charge in [0.2, 0.25) is 5.91 Å². The molecule has 7 nitrogen and oxygen atoms in total. The van der Waals surface area contributed by atoms with Crippen LogP contribution in [0.5, 0.6) is 0 Å². The number of benzene rings is 1. The summed E-state index contributed by atoms with van der Waals surface area (Å²) >= 11 is 2.80. The van der Waals surface area contributed by atoms with Crippen molar-refractivity contribution in [1.29, 1.82) is 0 Å². The average molecular weight is 441 g/mol. The van der Waals surface area contributed by atoms with Crippen molar-refractivity contribution in [2.24, 2.45) is 0 Å². The van der Waals surface area contributed by atoms with Gasteiger partial charge in [-0.25, -0.2) is 9.37 Å². The molecule has 3 aromatic heterocycles. The van der Waals surface area contributed by atoms with Crippen molar-refractivity contribution in [1.82, 2.24) is 19.7 Å². The number of pyridine rings is 1. The van der Waals surface area contributed by atoms with Crippen molar-refractivity contribution in [3.8, 4) is 10.7 Å². The van der Waals surface area contributed by atoms with Gasteiger partial charge in [0.25, 0.3) is 0 Å². The van der Waals surface area contributed by atoms with E-state index in [1.54, 1.807) is 18.3 Å². The molecule has 30 heavy (non-hydrogen) atoms. The number of fused-ring (bicyclic) bond motifs is 1. The van der Waals surface area contributed by atoms with E-state index in [-0.39, 0.29) is 11.7 Å². The van der Waals surface area contributed by atoms with Gasteiger partial charge in [0, 0.05) is 23.3 Å². The summed E-state index contributed by atoms with van der Waals surface area (Å²) in [5.41, 5.74) is 7.45. The Hall–Kier alpha value is -2.98. The molecule has 0 unspecified atom stereocenters. The van der Waals surface area contributed by atoms with Crippen molar-refractivity contribution in [2.45, 2.75) is 24.0 Å². The molecule has 4 aromatic rings. The fraction of sp³-hybridized carbons (Fsp3) is 0.200. The average Bonchev–Trinajstić information content (AvgIpc) is 3.40. The summed E-state index contributed by atoms with van der Waals surface area (Å²) < 4.78 is 15.4. The second kappa shape index (κ2) is 7.69. The molecule has 0 saturated heterocycles. The van der Waals surface area contributed by atoms with Crippen LogP contribution in [0, 0.1) is 5.82 Å². The van der Waals surface area contributed by atoms with Crippen molar-refractivity contribution < 1.29 is 9.18 Å². The normalized spacial score (nSPS) is 13.6. The quantitative estimate of drug-likeness (QED) is 0.433. The second-order valence-corrected chi connectivity index (χ2v) is 8.90. The Morgan fingerprint density at radius 1 is 1.30 bits per heavy atom. The minimum Gasteiger partial charge on any atom is -0.397 e. The lowest BCUT2D eigenvalue weighted by atomic mass is 10.2. The number of thiophene rings is 1. The monoisotopic (exact) mass is 440 g/mol. The van der Waals surface area contributed by atoms with Gasteiger partial charge in [-0.1, -0.05) is 17.8 Å². The van der Waals surface area contributed by atoms with Crippen LogP contribution in [0.4, 0.5) is 15.8 Å². The topological polar surface area (TPSA) is 98.7 Å². The zero-order chi connectivity index (χ0) is 20.7. The van der Waals surface area contributed by atoms with E-state index in [1.165, 1.54) is 35.2 Å². The fourth-order valence-electron chi connectivity index (χ4n) is 3.20. The van der Waals surface area contributed by atoms with Gasteiger partial charge in [0.15, 0.2) is 11.0 Å². The van der Waals surface area contributed by atoms with Gasteiger partial charge in [-0.3, -0.25) is 9.36 Å². The maximum Gasteiger partial charge on any atom is 0.234 e. The molecule has 0 aliphatic heterocycles. The fourth-order valence-corrected chi connectivity index (χ4v) is 5.05.